The van der Waals surface area contributed by atoms with Gasteiger partial charge in [0.2, 0.25) is 11.9 Å². The molecule has 0 aromatic heterocycles. The van der Waals surface area contributed by atoms with Crippen LogP contribution in [0.3, 0.4) is 0 Å². The van der Waals surface area contributed by atoms with E-state index in [4.69, 9.17) is 9.47 Å². The summed E-state index contributed by atoms with van der Waals surface area (Å²) in [5.41, 5.74) is 1.48. The van der Waals surface area contributed by atoms with Gasteiger partial charge in [-0.2, -0.15) is 0 Å². The van der Waals surface area contributed by atoms with Crippen molar-refractivity contribution in [2.75, 3.05) is 0 Å². The normalized spacial score (nSPS) is 22.7. The van der Waals surface area contributed by atoms with Gasteiger partial charge in [-0.15, -0.1) is 0 Å². The molecule has 2 atom stereocenters. The molecule has 0 saturated carbocycles. The molecule has 0 spiro atoms. The zero-order valence-electron chi connectivity index (χ0n) is 15.4. The Kier molecular flexibility index (Phi) is 5.23. The van der Waals surface area contributed by atoms with Crippen molar-refractivity contribution in [2.24, 2.45) is 5.92 Å². The number of esters is 1. The van der Waals surface area contributed by atoms with Crippen LogP contribution in [0.1, 0.15) is 37.5 Å². The SMILES string of the molecule is CC(C)Cc1ccc(C2(C)OC(=O)C(OCc3ccccc3)C2=O)cc1. The molecule has 1 aliphatic heterocycles. The molecule has 0 amide bonds. The molecule has 136 valence electrons. The third-order valence-corrected chi connectivity index (χ3v) is 4.64. The molecule has 1 heterocycles. The molecule has 4 nitrogen and oxygen atoms in total. The van der Waals surface area contributed by atoms with Crippen molar-refractivity contribution in [3.05, 3.63) is 71.3 Å². The molecule has 26 heavy (non-hydrogen) atoms. The standard InChI is InChI=1S/C22H24O4/c1-15(2)13-16-9-11-18(12-10-16)22(3)20(23)19(21(24)26-22)25-14-17-7-5-4-6-8-17/h4-12,15,19H,13-14H2,1-3H3. The summed E-state index contributed by atoms with van der Waals surface area (Å²) in [5, 5.41) is 0. The number of rotatable bonds is 6. The maximum absolute atomic E-state index is 12.9. The molecule has 2 aromatic carbocycles. The van der Waals surface area contributed by atoms with Crippen molar-refractivity contribution in [3.8, 4) is 0 Å². The lowest BCUT2D eigenvalue weighted by molar-refractivity contribution is -0.155. The summed E-state index contributed by atoms with van der Waals surface area (Å²) in [6.07, 6.45) is -0.219. The molecular weight excluding hydrogens is 328 g/mol. The number of cyclic esters (lactones) is 1. The van der Waals surface area contributed by atoms with Crippen LogP contribution in [-0.2, 0) is 37.7 Å². The molecule has 3 rings (SSSR count). The number of hydrogen-bond donors (Lipinski definition) is 0. The molecule has 1 fully saturated rings. The van der Waals surface area contributed by atoms with Crippen molar-refractivity contribution < 1.29 is 19.1 Å². The zero-order valence-corrected chi connectivity index (χ0v) is 15.4. The summed E-state index contributed by atoms with van der Waals surface area (Å²) in [6.45, 7) is 6.14. The van der Waals surface area contributed by atoms with E-state index in [1.807, 2.05) is 54.6 Å². The quantitative estimate of drug-likeness (QED) is 0.586. The van der Waals surface area contributed by atoms with Crippen LogP contribution in [0, 0.1) is 5.92 Å². The number of carbonyl (C=O) groups is 2. The van der Waals surface area contributed by atoms with Crippen LogP contribution in [0.5, 0.6) is 0 Å². The van der Waals surface area contributed by atoms with Crippen LogP contribution in [0.25, 0.3) is 0 Å². The van der Waals surface area contributed by atoms with Gasteiger partial charge in [0.15, 0.2) is 5.60 Å². The fraction of sp³-hybridized carbons (Fsp3) is 0.364. The number of Topliss-reactive ketones (excluding diaryl/α,β-unsaturated/α-hetero) is 1. The molecule has 0 N–H and O–H groups in total. The second-order valence-corrected chi connectivity index (χ2v) is 7.29. The highest BCUT2D eigenvalue weighted by Crippen LogP contribution is 2.35. The van der Waals surface area contributed by atoms with Gasteiger partial charge in [-0.05, 0) is 30.4 Å². The lowest BCUT2D eigenvalue weighted by Crippen LogP contribution is -2.34. The average molecular weight is 352 g/mol. The lowest BCUT2D eigenvalue weighted by atomic mass is 9.89. The number of carbonyl (C=O) groups excluding carboxylic acids is 2. The molecule has 2 unspecified atom stereocenters. The second-order valence-electron chi connectivity index (χ2n) is 7.29. The van der Waals surface area contributed by atoms with E-state index >= 15 is 0 Å². The molecule has 4 heteroatoms. The van der Waals surface area contributed by atoms with Gasteiger partial charge in [0.1, 0.15) is 0 Å². The van der Waals surface area contributed by atoms with Crippen molar-refractivity contribution in [2.45, 2.75) is 45.5 Å². The molecular formula is C22H24O4. The maximum Gasteiger partial charge on any atom is 0.344 e. The predicted octanol–water partition coefficient (Wildman–Crippen LogP) is 3.81. The van der Waals surface area contributed by atoms with Crippen molar-refractivity contribution in [1.82, 2.24) is 0 Å². The Bertz CT molecular complexity index is 780. The number of ether oxygens (including phenoxy) is 2. The highest BCUT2D eigenvalue weighted by atomic mass is 16.6. The average Bonchev–Trinajstić information content (AvgIpc) is 2.84. The molecule has 0 bridgehead atoms. The van der Waals surface area contributed by atoms with Crippen LogP contribution >= 0.6 is 0 Å². The fourth-order valence-corrected chi connectivity index (χ4v) is 3.19. The smallest absolute Gasteiger partial charge is 0.344 e. The minimum absolute atomic E-state index is 0.190. The van der Waals surface area contributed by atoms with Crippen molar-refractivity contribution in [1.29, 1.82) is 0 Å². The van der Waals surface area contributed by atoms with Gasteiger partial charge in [0.25, 0.3) is 0 Å². The Labute approximate surface area is 154 Å². The second kappa shape index (κ2) is 7.42. The Morgan fingerprint density at radius 1 is 1.00 bits per heavy atom. The number of hydrogen-bond acceptors (Lipinski definition) is 4. The monoisotopic (exact) mass is 352 g/mol. The van der Waals surface area contributed by atoms with E-state index in [1.54, 1.807) is 6.92 Å². The summed E-state index contributed by atoms with van der Waals surface area (Å²) >= 11 is 0. The molecule has 1 aliphatic rings. The van der Waals surface area contributed by atoms with Crippen LogP contribution in [0.2, 0.25) is 0 Å². The van der Waals surface area contributed by atoms with Gasteiger partial charge in [-0.1, -0.05) is 68.4 Å². The van der Waals surface area contributed by atoms with E-state index in [1.165, 1.54) is 5.56 Å². The topological polar surface area (TPSA) is 52.6 Å². The number of ketones is 1. The fourth-order valence-electron chi connectivity index (χ4n) is 3.19. The van der Waals surface area contributed by atoms with Gasteiger partial charge in [0.05, 0.1) is 6.61 Å². The summed E-state index contributed by atoms with van der Waals surface area (Å²) in [7, 11) is 0. The van der Waals surface area contributed by atoms with Gasteiger partial charge in [-0.25, -0.2) is 4.79 Å². The summed E-state index contributed by atoms with van der Waals surface area (Å²) in [5.74, 6) is -0.423. The van der Waals surface area contributed by atoms with Gasteiger partial charge in [0, 0.05) is 5.56 Å². The van der Waals surface area contributed by atoms with E-state index < -0.39 is 17.7 Å². The van der Waals surface area contributed by atoms with E-state index in [9.17, 15) is 9.59 Å². The Balaban J connectivity index is 1.74. The van der Waals surface area contributed by atoms with E-state index in [2.05, 4.69) is 13.8 Å². The maximum atomic E-state index is 12.9. The van der Waals surface area contributed by atoms with E-state index in [0.717, 1.165) is 12.0 Å². The zero-order chi connectivity index (χ0) is 18.7. The largest absolute Gasteiger partial charge is 0.444 e. The minimum Gasteiger partial charge on any atom is -0.444 e. The molecule has 0 aliphatic carbocycles. The van der Waals surface area contributed by atoms with Crippen LogP contribution in [0.15, 0.2) is 54.6 Å². The molecule has 1 saturated heterocycles. The Morgan fingerprint density at radius 3 is 2.27 bits per heavy atom. The van der Waals surface area contributed by atoms with Crippen LogP contribution < -0.4 is 0 Å². The summed E-state index contributed by atoms with van der Waals surface area (Å²) in [4.78, 5) is 25.1. The van der Waals surface area contributed by atoms with E-state index in [0.29, 0.717) is 11.5 Å². The lowest BCUT2D eigenvalue weighted by Gasteiger charge is -2.21. The molecule has 2 aromatic rings. The highest BCUT2D eigenvalue weighted by Gasteiger charge is 2.54. The third-order valence-electron chi connectivity index (χ3n) is 4.64. The number of benzene rings is 2. The Morgan fingerprint density at radius 2 is 1.65 bits per heavy atom. The third kappa shape index (κ3) is 3.70. The van der Waals surface area contributed by atoms with Gasteiger partial charge >= 0.3 is 5.97 Å². The first-order valence-electron chi connectivity index (χ1n) is 8.92. The highest BCUT2D eigenvalue weighted by molar-refractivity contribution is 6.11. The molecule has 0 radical (unpaired) electrons. The minimum atomic E-state index is -1.30. The summed E-state index contributed by atoms with van der Waals surface area (Å²) in [6, 6.07) is 17.1. The van der Waals surface area contributed by atoms with Gasteiger partial charge < -0.3 is 9.47 Å². The van der Waals surface area contributed by atoms with E-state index in [-0.39, 0.29) is 12.4 Å². The van der Waals surface area contributed by atoms with Crippen LogP contribution in [0.4, 0.5) is 0 Å². The Hall–Kier alpha value is -2.46. The summed E-state index contributed by atoms with van der Waals surface area (Å²) < 4.78 is 11.0. The van der Waals surface area contributed by atoms with Gasteiger partial charge in [-0.3, -0.25) is 4.79 Å². The van der Waals surface area contributed by atoms with Crippen LogP contribution in [-0.4, -0.2) is 17.9 Å². The first-order valence-corrected chi connectivity index (χ1v) is 8.92. The van der Waals surface area contributed by atoms with Crippen molar-refractivity contribution in [3.63, 3.8) is 0 Å². The first-order chi connectivity index (χ1) is 12.4. The first kappa shape index (κ1) is 18.3. The predicted molar refractivity (Wildman–Crippen MR) is 98.5 cm³/mol. The van der Waals surface area contributed by atoms with Crippen molar-refractivity contribution >= 4 is 11.8 Å².